The van der Waals surface area contributed by atoms with Crippen LogP contribution >= 0.6 is 23.1 Å². The second kappa shape index (κ2) is 12.1. The molecule has 1 atom stereocenters. The molecule has 0 aliphatic carbocycles. The van der Waals surface area contributed by atoms with Crippen LogP contribution in [0.1, 0.15) is 39.6 Å². The molecule has 2 aromatic heterocycles. The minimum atomic E-state index is -0.286. The zero-order valence-corrected chi connectivity index (χ0v) is 25.8. The Kier molecular flexibility index (Phi) is 8.09. The van der Waals surface area contributed by atoms with Gasteiger partial charge in [0.15, 0.2) is 11.5 Å². The van der Waals surface area contributed by atoms with Crippen LogP contribution in [-0.2, 0) is 11.3 Å². The molecule has 0 bridgehead atoms. The number of fused-ring (bicyclic) bond motifs is 1. The molecule has 0 saturated heterocycles. The smallest absolute Gasteiger partial charge is 0.253 e. The van der Waals surface area contributed by atoms with Gasteiger partial charge in [-0.15, -0.1) is 23.1 Å². The van der Waals surface area contributed by atoms with Crippen LogP contribution in [0, 0.1) is 13.8 Å². The lowest BCUT2D eigenvalue weighted by molar-refractivity contribution is -0.130. The Hall–Kier alpha value is -4.01. The molecule has 6 nitrogen and oxygen atoms in total. The predicted molar refractivity (Wildman–Crippen MR) is 172 cm³/mol. The molecule has 0 spiro atoms. The lowest BCUT2D eigenvalue weighted by Gasteiger charge is -2.24. The number of aryl methyl sites for hydroxylation is 2. The van der Waals surface area contributed by atoms with Gasteiger partial charge in [0.1, 0.15) is 0 Å². The van der Waals surface area contributed by atoms with E-state index in [-0.39, 0.29) is 17.7 Å². The zero-order valence-electron chi connectivity index (χ0n) is 24.2. The number of nitrogens with zero attached hydrogens (tertiary/aromatic N) is 3. The molecule has 1 aliphatic heterocycles. The summed E-state index contributed by atoms with van der Waals surface area (Å²) in [6.45, 7) is 5.06. The van der Waals surface area contributed by atoms with Crippen molar-refractivity contribution in [1.29, 1.82) is 0 Å². The monoisotopic (exact) mass is 595 g/mol. The van der Waals surface area contributed by atoms with E-state index in [0.29, 0.717) is 17.9 Å². The summed E-state index contributed by atoms with van der Waals surface area (Å²) in [6.07, 6.45) is 2.78. The van der Waals surface area contributed by atoms with Crippen molar-refractivity contribution in [3.05, 3.63) is 112 Å². The molecule has 1 amide bonds. The average molecular weight is 596 g/mol. The van der Waals surface area contributed by atoms with Gasteiger partial charge in [-0.2, -0.15) is 5.10 Å². The van der Waals surface area contributed by atoms with Crippen molar-refractivity contribution in [3.63, 3.8) is 0 Å². The van der Waals surface area contributed by atoms with Crippen molar-refractivity contribution in [2.24, 2.45) is 5.10 Å². The SMILES string of the molecule is COc1cccc([C@@H]2CC(c3cccs3)=NN2C(=O)CSc2cn(Cc3cc(C)ccc3C)c3ccccc23)c1OC. The van der Waals surface area contributed by atoms with Crippen LogP contribution in [0.15, 0.2) is 94.4 Å². The number of hydrazone groups is 1. The highest BCUT2D eigenvalue weighted by Gasteiger charge is 2.36. The molecular weight excluding hydrogens is 563 g/mol. The predicted octanol–water partition coefficient (Wildman–Crippen LogP) is 7.86. The Bertz CT molecular complexity index is 1770. The number of benzene rings is 3. The summed E-state index contributed by atoms with van der Waals surface area (Å²) in [5, 5.41) is 9.70. The first-order valence-electron chi connectivity index (χ1n) is 13.9. The summed E-state index contributed by atoms with van der Waals surface area (Å²) in [7, 11) is 3.26. The van der Waals surface area contributed by atoms with Crippen LogP contribution in [0.2, 0.25) is 0 Å². The van der Waals surface area contributed by atoms with E-state index in [4.69, 9.17) is 14.6 Å². The summed E-state index contributed by atoms with van der Waals surface area (Å²) in [5.74, 6) is 1.49. The quantitative estimate of drug-likeness (QED) is 0.163. The molecule has 0 saturated carbocycles. The average Bonchev–Trinajstić information content (AvgIpc) is 3.77. The molecule has 214 valence electrons. The van der Waals surface area contributed by atoms with Gasteiger partial charge in [-0.3, -0.25) is 4.79 Å². The fourth-order valence-corrected chi connectivity index (χ4v) is 7.23. The number of para-hydroxylation sites is 2. The summed E-state index contributed by atoms with van der Waals surface area (Å²) in [5.41, 5.74) is 6.77. The molecule has 1 aliphatic rings. The highest BCUT2D eigenvalue weighted by Crippen LogP contribution is 2.42. The van der Waals surface area contributed by atoms with E-state index in [1.165, 1.54) is 16.7 Å². The third-order valence-corrected chi connectivity index (χ3v) is 9.66. The van der Waals surface area contributed by atoms with Crippen LogP contribution in [0.4, 0.5) is 0 Å². The highest BCUT2D eigenvalue weighted by atomic mass is 32.2. The van der Waals surface area contributed by atoms with Crippen LogP contribution in [0.5, 0.6) is 11.5 Å². The maximum absolute atomic E-state index is 13.9. The van der Waals surface area contributed by atoms with E-state index in [1.54, 1.807) is 42.3 Å². The van der Waals surface area contributed by atoms with Crippen molar-refractivity contribution in [2.45, 2.75) is 37.8 Å². The molecule has 5 aromatic rings. The molecule has 0 fully saturated rings. The number of aromatic nitrogens is 1. The van der Waals surface area contributed by atoms with Crippen molar-refractivity contribution in [3.8, 4) is 11.5 Å². The maximum atomic E-state index is 13.9. The third-order valence-electron chi connectivity index (χ3n) is 7.71. The molecule has 0 N–H and O–H groups in total. The van der Waals surface area contributed by atoms with Gasteiger partial charge in [-0.25, -0.2) is 5.01 Å². The second-order valence-electron chi connectivity index (χ2n) is 10.4. The van der Waals surface area contributed by atoms with Gasteiger partial charge in [0, 0.05) is 40.5 Å². The Morgan fingerprint density at radius 1 is 1.02 bits per heavy atom. The van der Waals surface area contributed by atoms with Crippen molar-refractivity contribution in [2.75, 3.05) is 20.0 Å². The number of amides is 1. The molecule has 42 heavy (non-hydrogen) atoms. The maximum Gasteiger partial charge on any atom is 0.253 e. The molecule has 8 heteroatoms. The lowest BCUT2D eigenvalue weighted by atomic mass is 9.99. The van der Waals surface area contributed by atoms with Crippen LogP contribution in [-0.4, -0.2) is 41.2 Å². The zero-order chi connectivity index (χ0) is 29.2. The largest absolute Gasteiger partial charge is 0.493 e. The van der Waals surface area contributed by atoms with E-state index >= 15 is 0 Å². The second-order valence-corrected chi connectivity index (χ2v) is 12.4. The fraction of sp³-hybridized carbons (Fsp3) is 0.235. The van der Waals surface area contributed by atoms with E-state index in [1.807, 2.05) is 29.6 Å². The van der Waals surface area contributed by atoms with E-state index in [9.17, 15) is 4.79 Å². The summed E-state index contributed by atoms with van der Waals surface area (Å²) >= 11 is 3.20. The van der Waals surface area contributed by atoms with Crippen LogP contribution in [0.25, 0.3) is 10.9 Å². The van der Waals surface area contributed by atoms with Gasteiger partial charge in [-0.1, -0.05) is 60.2 Å². The Balaban J connectivity index is 1.29. The van der Waals surface area contributed by atoms with E-state index < -0.39 is 0 Å². The number of carbonyl (C=O) groups excluding carboxylic acids is 1. The number of methoxy groups -OCH3 is 2. The summed E-state index contributed by atoms with van der Waals surface area (Å²) in [4.78, 5) is 16.1. The topological polar surface area (TPSA) is 56.1 Å². The van der Waals surface area contributed by atoms with E-state index in [2.05, 4.69) is 73.1 Å². The van der Waals surface area contributed by atoms with Crippen LogP contribution in [0.3, 0.4) is 0 Å². The van der Waals surface area contributed by atoms with Gasteiger partial charge in [0.05, 0.1) is 36.6 Å². The minimum Gasteiger partial charge on any atom is -0.493 e. The third kappa shape index (κ3) is 5.44. The van der Waals surface area contributed by atoms with Gasteiger partial charge < -0.3 is 14.0 Å². The van der Waals surface area contributed by atoms with Gasteiger partial charge >= 0.3 is 0 Å². The molecular formula is C34H33N3O3S2. The van der Waals surface area contributed by atoms with Crippen molar-refractivity contribution >= 4 is 45.6 Å². The molecule has 3 heterocycles. The first-order valence-corrected chi connectivity index (χ1v) is 15.7. The number of thioether (sulfide) groups is 1. The summed E-state index contributed by atoms with van der Waals surface area (Å²) in [6, 6.07) is 24.6. The van der Waals surface area contributed by atoms with Crippen LogP contribution < -0.4 is 9.47 Å². The number of ether oxygens (including phenoxy) is 2. The number of hydrogen-bond donors (Lipinski definition) is 0. The number of rotatable bonds is 9. The number of hydrogen-bond acceptors (Lipinski definition) is 6. The number of thiophene rings is 1. The molecule has 0 radical (unpaired) electrons. The van der Waals surface area contributed by atoms with Gasteiger partial charge in [0.2, 0.25) is 0 Å². The summed E-state index contributed by atoms with van der Waals surface area (Å²) < 4.78 is 13.6. The number of carbonyl (C=O) groups is 1. The molecule has 3 aromatic carbocycles. The molecule has 0 unspecified atom stereocenters. The first kappa shape index (κ1) is 28.1. The van der Waals surface area contributed by atoms with Gasteiger partial charge in [-0.05, 0) is 48.6 Å². The van der Waals surface area contributed by atoms with Crippen molar-refractivity contribution < 1.29 is 14.3 Å². The normalized spacial score (nSPS) is 14.8. The standard InChI is InChI=1S/C34H33N3O3S2/c1-22-14-15-23(2)24(17-22)19-36-20-32(25-9-5-6-11-28(25)36)42-21-33(38)37-29(18-27(35-37)31-13-8-16-41-31)26-10-7-12-30(39-3)34(26)40-4/h5-17,20,29H,18-19,21H2,1-4H3/t29-/m0/s1. The van der Waals surface area contributed by atoms with Crippen molar-refractivity contribution in [1.82, 2.24) is 9.58 Å². The molecule has 6 rings (SSSR count). The Labute approximate surface area is 254 Å². The van der Waals surface area contributed by atoms with E-state index in [0.717, 1.165) is 38.5 Å². The lowest BCUT2D eigenvalue weighted by Crippen LogP contribution is -2.28. The van der Waals surface area contributed by atoms with Gasteiger partial charge in [0.25, 0.3) is 5.91 Å². The first-order chi connectivity index (χ1) is 20.5. The minimum absolute atomic E-state index is 0.0483. The highest BCUT2D eigenvalue weighted by molar-refractivity contribution is 8.00. The Morgan fingerprint density at radius 3 is 2.67 bits per heavy atom. The fourth-order valence-electron chi connectivity index (χ4n) is 5.57. The Morgan fingerprint density at radius 2 is 1.88 bits per heavy atom.